The zero-order valence-electron chi connectivity index (χ0n) is 6.25. The Morgan fingerprint density at radius 1 is 1.73 bits per heavy atom. The Balaban J connectivity index is 3.12. The van der Waals surface area contributed by atoms with Gasteiger partial charge in [0, 0.05) is 6.07 Å². The third-order valence-corrected chi connectivity index (χ3v) is 1.24. The van der Waals surface area contributed by atoms with E-state index in [1.54, 1.807) is 6.92 Å². The molecule has 1 heterocycles. The predicted octanol–water partition coefficient (Wildman–Crippen LogP) is 1.29. The van der Waals surface area contributed by atoms with Crippen LogP contribution in [0.3, 0.4) is 0 Å². The number of ether oxygens (including phenoxy) is 1. The minimum absolute atomic E-state index is 0.148. The van der Waals surface area contributed by atoms with Gasteiger partial charge < -0.3 is 14.3 Å². The second-order valence-electron chi connectivity index (χ2n) is 2.06. The molecule has 4 heteroatoms. The summed E-state index contributed by atoms with van der Waals surface area (Å²) in [5.41, 5.74) is 0. The number of carbonyl (C=O) groups is 1. The van der Waals surface area contributed by atoms with E-state index in [2.05, 4.69) is 0 Å². The summed E-state index contributed by atoms with van der Waals surface area (Å²) in [6.45, 7) is 1.66. The molecule has 0 unspecified atom stereocenters. The number of carboxylic acid groups (broad SMARTS) is 1. The van der Waals surface area contributed by atoms with Crippen LogP contribution in [0.15, 0.2) is 10.5 Å². The minimum Gasteiger partial charge on any atom is -0.492 e. The van der Waals surface area contributed by atoms with E-state index in [4.69, 9.17) is 14.3 Å². The van der Waals surface area contributed by atoms with E-state index in [0.717, 1.165) is 0 Å². The van der Waals surface area contributed by atoms with Crippen molar-refractivity contribution in [2.75, 3.05) is 7.11 Å². The number of hydrogen-bond acceptors (Lipinski definition) is 3. The Labute approximate surface area is 63.4 Å². The molecule has 0 aromatic carbocycles. The van der Waals surface area contributed by atoms with E-state index in [0.29, 0.717) is 5.76 Å². The Morgan fingerprint density at radius 3 is 2.73 bits per heavy atom. The van der Waals surface area contributed by atoms with Gasteiger partial charge in [-0.3, -0.25) is 0 Å². The first-order chi connectivity index (χ1) is 5.15. The summed E-state index contributed by atoms with van der Waals surface area (Å²) in [5, 5.41) is 8.54. The van der Waals surface area contributed by atoms with Crippen LogP contribution < -0.4 is 4.74 Å². The monoisotopic (exact) mass is 156 g/mol. The molecule has 0 spiro atoms. The van der Waals surface area contributed by atoms with Gasteiger partial charge in [-0.05, 0) is 6.92 Å². The fourth-order valence-corrected chi connectivity index (χ4v) is 0.792. The van der Waals surface area contributed by atoms with Gasteiger partial charge >= 0.3 is 5.97 Å². The first-order valence-electron chi connectivity index (χ1n) is 3.03. The van der Waals surface area contributed by atoms with Gasteiger partial charge in [0.15, 0.2) is 5.75 Å². The lowest BCUT2D eigenvalue weighted by molar-refractivity contribution is 0.0656. The van der Waals surface area contributed by atoms with Crippen LogP contribution in [0.1, 0.15) is 16.3 Å². The van der Waals surface area contributed by atoms with Crippen molar-refractivity contribution >= 4 is 5.97 Å². The maximum absolute atomic E-state index is 10.4. The third kappa shape index (κ3) is 1.34. The summed E-state index contributed by atoms with van der Waals surface area (Å²) in [6, 6.07) is 1.53. The van der Waals surface area contributed by atoms with Crippen LogP contribution in [0, 0.1) is 6.92 Å². The topological polar surface area (TPSA) is 59.7 Å². The predicted molar refractivity (Wildman–Crippen MR) is 37.0 cm³/mol. The van der Waals surface area contributed by atoms with E-state index in [-0.39, 0.29) is 11.5 Å². The lowest BCUT2D eigenvalue weighted by Crippen LogP contribution is -1.96. The minimum atomic E-state index is -1.12. The number of carboxylic acids is 1. The van der Waals surface area contributed by atoms with Gasteiger partial charge in [-0.25, -0.2) is 4.79 Å². The van der Waals surface area contributed by atoms with Crippen molar-refractivity contribution in [3.8, 4) is 5.75 Å². The summed E-state index contributed by atoms with van der Waals surface area (Å²) >= 11 is 0. The molecule has 60 valence electrons. The SMILES string of the molecule is COc1cc(C)oc1C(=O)O. The molecule has 0 amide bonds. The lowest BCUT2D eigenvalue weighted by Gasteiger charge is -1.93. The maximum Gasteiger partial charge on any atom is 0.375 e. The van der Waals surface area contributed by atoms with Gasteiger partial charge in [0.25, 0.3) is 5.76 Å². The molecule has 1 N–H and O–H groups in total. The zero-order valence-corrected chi connectivity index (χ0v) is 6.25. The normalized spacial score (nSPS) is 9.64. The van der Waals surface area contributed by atoms with E-state index >= 15 is 0 Å². The second kappa shape index (κ2) is 2.65. The summed E-state index contributed by atoms with van der Waals surface area (Å²) in [6.07, 6.45) is 0. The average molecular weight is 156 g/mol. The Morgan fingerprint density at radius 2 is 2.36 bits per heavy atom. The Hall–Kier alpha value is -1.45. The van der Waals surface area contributed by atoms with Crippen molar-refractivity contribution < 1.29 is 19.1 Å². The molecular formula is C7H8O4. The largest absolute Gasteiger partial charge is 0.492 e. The molecule has 1 rings (SSSR count). The van der Waals surface area contributed by atoms with Gasteiger partial charge in [0.2, 0.25) is 0 Å². The van der Waals surface area contributed by atoms with Gasteiger partial charge in [-0.2, -0.15) is 0 Å². The van der Waals surface area contributed by atoms with E-state index < -0.39 is 5.97 Å². The molecule has 0 saturated carbocycles. The molecule has 0 radical (unpaired) electrons. The zero-order chi connectivity index (χ0) is 8.43. The van der Waals surface area contributed by atoms with E-state index in [9.17, 15) is 4.79 Å². The van der Waals surface area contributed by atoms with Gasteiger partial charge in [-0.1, -0.05) is 0 Å². The highest BCUT2D eigenvalue weighted by Crippen LogP contribution is 2.22. The Kier molecular flexibility index (Phi) is 1.85. The smallest absolute Gasteiger partial charge is 0.375 e. The van der Waals surface area contributed by atoms with Gasteiger partial charge in [-0.15, -0.1) is 0 Å². The van der Waals surface area contributed by atoms with Crippen molar-refractivity contribution in [3.05, 3.63) is 17.6 Å². The van der Waals surface area contributed by atoms with Gasteiger partial charge in [0.1, 0.15) is 5.76 Å². The molecule has 4 nitrogen and oxygen atoms in total. The molecule has 0 aliphatic heterocycles. The number of furan rings is 1. The van der Waals surface area contributed by atoms with Gasteiger partial charge in [0.05, 0.1) is 7.11 Å². The van der Waals surface area contributed by atoms with Crippen molar-refractivity contribution in [2.24, 2.45) is 0 Å². The highest BCUT2D eigenvalue weighted by Gasteiger charge is 2.15. The number of rotatable bonds is 2. The van der Waals surface area contributed by atoms with Crippen molar-refractivity contribution in [3.63, 3.8) is 0 Å². The molecule has 0 atom stereocenters. The van der Waals surface area contributed by atoms with Crippen LogP contribution in [-0.4, -0.2) is 18.2 Å². The molecule has 0 aliphatic rings. The quantitative estimate of drug-likeness (QED) is 0.700. The summed E-state index contributed by atoms with van der Waals surface area (Å²) in [5.74, 6) is -0.478. The van der Waals surface area contributed by atoms with Crippen LogP contribution in [0.25, 0.3) is 0 Å². The molecule has 11 heavy (non-hydrogen) atoms. The van der Waals surface area contributed by atoms with Crippen LogP contribution in [0.5, 0.6) is 5.75 Å². The summed E-state index contributed by atoms with van der Waals surface area (Å²) in [7, 11) is 1.40. The van der Waals surface area contributed by atoms with E-state index in [1.165, 1.54) is 13.2 Å². The highest BCUT2D eigenvalue weighted by atomic mass is 16.5. The first-order valence-corrected chi connectivity index (χ1v) is 3.03. The van der Waals surface area contributed by atoms with Crippen LogP contribution in [0.2, 0.25) is 0 Å². The molecule has 0 fully saturated rings. The van der Waals surface area contributed by atoms with Crippen molar-refractivity contribution in [1.82, 2.24) is 0 Å². The van der Waals surface area contributed by atoms with E-state index in [1.807, 2.05) is 0 Å². The standard InChI is InChI=1S/C7H8O4/c1-4-3-5(10-2)6(11-4)7(8)9/h3H,1-2H3,(H,8,9). The summed E-state index contributed by atoms with van der Waals surface area (Å²) < 4.78 is 9.60. The van der Waals surface area contributed by atoms with Crippen LogP contribution >= 0.6 is 0 Å². The molecule has 1 aromatic heterocycles. The average Bonchev–Trinajstić information content (AvgIpc) is 2.30. The summed E-state index contributed by atoms with van der Waals surface area (Å²) in [4.78, 5) is 10.4. The maximum atomic E-state index is 10.4. The van der Waals surface area contributed by atoms with Crippen LogP contribution in [0.4, 0.5) is 0 Å². The molecule has 0 saturated heterocycles. The first kappa shape index (κ1) is 7.65. The molecule has 0 bridgehead atoms. The molecule has 0 aliphatic carbocycles. The fraction of sp³-hybridized carbons (Fsp3) is 0.286. The Bertz CT molecular complexity index is 274. The fourth-order valence-electron chi connectivity index (χ4n) is 0.792. The second-order valence-corrected chi connectivity index (χ2v) is 2.06. The molecule has 1 aromatic rings. The number of aromatic carboxylic acids is 1. The number of methoxy groups -OCH3 is 1. The molecular weight excluding hydrogens is 148 g/mol. The van der Waals surface area contributed by atoms with Crippen molar-refractivity contribution in [1.29, 1.82) is 0 Å². The lowest BCUT2D eigenvalue weighted by atomic mass is 10.4. The number of hydrogen-bond donors (Lipinski definition) is 1. The number of aryl methyl sites for hydroxylation is 1. The van der Waals surface area contributed by atoms with Crippen molar-refractivity contribution in [2.45, 2.75) is 6.92 Å². The van der Waals surface area contributed by atoms with Crippen LogP contribution in [-0.2, 0) is 0 Å². The highest BCUT2D eigenvalue weighted by molar-refractivity contribution is 5.87. The third-order valence-electron chi connectivity index (χ3n) is 1.24.